The lowest BCUT2D eigenvalue weighted by molar-refractivity contribution is 0.662. The maximum absolute atomic E-state index is 5.94. The van der Waals surface area contributed by atoms with Crippen LogP contribution in [0.5, 0.6) is 0 Å². The first-order valence-electron chi connectivity index (χ1n) is 6.48. The minimum Gasteiger partial charge on any atom is -0.329 e. The molecule has 1 aromatic carbocycles. The standard InChI is InChI=1S/C15H16N4S/c1-19-14(12(10-16)15-17-7-8-20-15)9-13(18-19)11-5-3-2-4-6-11/h2-9,12H,10,16H2,1H3. The Balaban J connectivity index is 2.01. The van der Waals surface area contributed by atoms with E-state index < -0.39 is 0 Å². The predicted molar refractivity (Wildman–Crippen MR) is 81.7 cm³/mol. The van der Waals surface area contributed by atoms with E-state index in [2.05, 4.69) is 28.3 Å². The monoisotopic (exact) mass is 284 g/mol. The molecule has 0 bridgehead atoms. The molecule has 1 unspecified atom stereocenters. The Morgan fingerprint density at radius 3 is 2.75 bits per heavy atom. The van der Waals surface area contributed by atoms with Crippen molar-refractivity contribution in [2.75, 3.05) is 6.54 Å². The van der Waals surface area contributed by atoms with E-state index in [1.54, 1.807) is 11.3 Å². The Hall–Kier alpha value is -1.98. The molecule has 0 aliphatic heterocycles. The van der Waals surface area contributed by atoms with Crippen molar-refractivity contribution in [1.29, 1.82) is 0 Å². The third-order valence-corrected chi connectivity index (χ3v) is 4.22. The molecule has 0 spiro atoms. The zero-order valence-electron chi connectivity index (χ0n) is 11.2. The fraction of sp³-hybridized carbons (Fsp3) is 0.200. The van der Waals surface area contributed by atoms with Gasteiger partial charge in [0.1, 0.15) is 5.01 Å². The Morgan fingerprint density at radius 2 is 2.10 bits per heavy atom. The van der Waals surface area contributed by atoms with Gasteiger partial charge < -0.3 is 5.73 Å². The fourth-order valence-corrected chi connectivity index (χ4v) is 3.08. The summed E-state index contributed by atoms with van der Waals surface area (Å²) < 4.78 is 1.90. The molecule has 0 radical (unpaired) electrons. The highest BCUT2D eigenvalue weighted by molar-refractivity contribution is 7.09. The number of hydrogen-bond acceptors (Lipinski definition) is 4. The summed E-state index contributed by atoms with van der Waals surface area (Å²) in [5, 5.41) is 7.61. The molecule has 0 saturated carbocycles. The van der Waals surface area contributed by atoms with Gasteiger partial charge in [0.15, 0.2) is 0 Å². The van der Waals surface area contributed by atoms with Crippen molar-refractivity contribution in [1.82, 2.24) is 14.8 Å². The van der Waals surface area contributed by atoms with Crippen LogP contribution in [0.4, 0.5) is 0 Å². The van der Waals surface area contributed by atoms with Crippen molar-refractivity contribution in [3.8, 4) is 11.3 Å². The van der Waals surface area contributed by atoms with Gasteiger partial charge >= 0.3 is 0 Å². The topological polar surface area (TPSA) is 56.7 Å². The van der Waals surface area contributed by atoms with Crippen molar-refractivity contribution in [2.45, 2.75) is 5.92 Å². The predicted octanol–water partition coefficient (Wildman–Crippen LogP) is 2.63. The Bertz CT molecular complexity index is 673. The number of thiazole rings is 1. The van der Waals surface area contributed by atoms with E-state index in [9.17, 15) is 0 Å². The van der Waals surface area contributed by atoms with Gasteiger partial charge in [0.05, 0.1) is 11.6 Å². The molecule has 102 valence electrons. The fourth-order valence-electron chi connectivity index (χ4n) is 2.31. The molecule has 3 aromatic rings. The van der Waals surface area contributed by atoms with Crippen LogP contribution < -0.4 is 5.73 Å². The lowest BCUT2D eigenvalue weighted by Crippen LogP contribution is -2.16. The molecule has 2 N–H and O–H groups in total. The van der Waals surface area contributed by atoms with Crippen LogP contribution in [0, 0.1) is 0 Å². The lowest BCUT2D eigenvalue weighted by atomic mass is 10.0. The Kier molecular flexibility index (Phi) is 3.62. The van der Waals surface area contributed by atoms with Gasteiger partial charge in [-0.3, -0.25) is 4.68 Å². The maximum Gasteiger partial charge on any atom is 0.103 e. The average Bonchev–Trinajstić information content (AvgIpc) is 3.12. The van der Waals surface area contributed by atoms with Crippen LogP contribution in [0.25, 0.3) is 11.3 Å². The van der Waals surface area contributed by atoms with Gasteiger partial charge in [0.25, 0.3) is 0 Å². The van der Waals surface area contributed by atoms with Crippen LogP contribution in [0.3, 0.4) is 0 Å². The molecule has 4 nitrogen and oxygen atoms in total. The summed E-state index contributed by atoms with van der Waals surface area (Å²) in [6.07, 6.45) is 1.82. The summed E-state index contributed by atoms with van der Waals surface area (Å²) in [6.45, 7) is 0.529. The Morgan fingerprint density at radius 1 is 1.30 bits per heavy atom. The molecular weight excluding hydrogens is 268 g/mol. The third kappa shape index (κ3) is 2.37. The molecule has 0 fully saturated rings. The minimum absolute atomic E-state index is 0.102. The third-order valence-electron chi connectivity index (χ3n) is 3.33. The molecule has 1 atom stereocenters. The number of nitrogens with zero attached hydrogens (tertiary/aromatic N) is 3. The van der Waals surface area contributed by atoms with E-state index in [0.717, 1.165) is 22.0 Å². The van der Waals surface area contributed by atoms with Gasteiger partial charge in [0, 0.05) is 36.4 Å². The van der Waals surface area contributed by atoms with Crippen molar-refractivity contribution in [3.05, 3.63) is 58.7 Å². The molecule has 3 rings (SSSR count). The minimum atomic E-state index is 0.102. The van der Waals surface area contributed by atoms with Crippen LogP contribution in [0.15, 0.2) is 48.0 Å². The number of aryl methyl sites for hydroxylation is 1. The second kappa shape index (κ2) is 5.56. The first-order valence-corrected chi connectivity index (χ1v) is 7.36. The molecule has 2 heterocycles. The second-order valence-electron chi connectivity index (χ2n) is 4.60. The molecule has 0 aliphatic rings. The SMILES string of the molecule is Cn1nc(-c2ccccc2)cc1C(CN)c1nccs1. The summed E-state index contributed by atoms with van der Waals surface area (Å²) in [4.78, 5) is 4.38. The zero-order chi connectivity index (χ0) is 13.9. The molecule has 0 saturated heterocycles. The first kappa shape index (κ1) is 13.0. The second-order valence-corrected chi connectivity index (χ2v) is 5.53. The van der Waals surface area contributed by atoms with Crippen molar-refractivity contribution in [3.63, 3.8) is 0 Å². The van der Waals surface area contributed by atoms with E-state index in [0.29, 0.717) is 6.54 Å². The van der Waals surface area contributed by atoms with Gasteiger partial charge in [-0.15, -0.1) is 11.3 Å². The van der Waals surface area contributed by atoms with Gasteiger partial charge in [-0.05, 0) is 6.07 Å². The van der Waals surface area contributed by atoms with Crippen molar-refractivity contribution in [2.24, 2.45) is 12.8 Å². The van der Waals surface area contributed by atoms with Crippen molar-refractivity contribution < 1.29 is 0 Å². The quantitative estimate of drug-likeness (QED) is 0.801. The number of rotatable bonds is 4. The summed E-state index contributed by atoms with van der Waals surface area (Å²) in [5.41, 5.74) is 9.12. The van der Waals surface area contributed by atoms with Crippen LogP contribution in [-0.2, 0) is 7.05 Å². The van der Waals surface area contributed by atoms with Crippen LogP contribution in [0.1, 0.15) is 16.6 Å². The van der Waals surface area contributed by atoms with Crippen molar-refractivity contribution >= 4 is 11.3 Å². The number of aromatic nitrogens is 3. The molecular formula is C15H16N4S. The number of benzene rings is 1. The molecule has 20 heavy (non-hydrogen) atoms. The van der Waals surface area contributed by atoms with Crippen LogP contribution in [-0.4, -0.2) is 21.3 Å². The van der Waals surface area contributed by atoms with Crippen LogP contribution in [0.2, 0.25) is 0 Å². The highest BCUT2D eigenvalue weighted by Gasteiger charge is 2.20. The number of nitrogens with two attached hydrogens (primary N) is 1. The average molecular weight is 284 g/mol. The molecule has 5 heteroatoms. The molecule has 0 amide bonds. The largest absolute Gasteiger partial charge is 0.329 e. The summed E-state index contributed by atoms with van der Waals surface area (Å²) in [7, 11) is 1.96. The van der Waals surface area contributed by atoms with E-state index >= 15 is 0 Å². The van der Waals surface area contributed by atoms with Gasteiger partial charge in [-0.2, -0.15) is 5.10 Å². The van der Waals surface area contributed by atoms with E-state index in [1.165, 1.54) is 0 Å². The zero-order valence-corrected chi connectivity index (χ0v) is 12.0. The molecule has 0 aliphatic carbocycles. The normalized spacial score (nSPS) is 12.5. The van der Waals surface area contributed by atoms with E-state index in [1.807, 2.05) is 41.5 Å². The van der Waals surface area contributed by atoms with E-state index in [4.69, 9.17) is 5.73 Å². The smallest absolute Gasteiger partial charge is 0.103 e. The lowest BCUT2D eigenvalue weighted by Gasteiger charge is -2.11. The first-order chi connectivity index (χ1) is 9.79. The maximum atomic E-state index is 5.94. The highest BCUT2D eigenvalue weighted by Crippen LogP contribution is 2.28. The van der Waals surface area contributed by atoms with E-state index in [-0.39, 0.29) is 5.92 Å². The highest BCUT2D eigenvalue weighted by atomic mass is 32.1. The van der Waals surface area contributed by atoms with Crippen LogP contribution >= 0.6 is 11.3 Å². The summed E-state index contributed by atoms with van der Waals surface area (Å²) >= 11 is 1.63. The Labute approximate surface area is 121 Å². The van der Waals surface area contributed by atoms with Gasteiger partial charge in [0.2, 0.25) is 0 Å². The summed E-state index contributed by atoms with van der Waals surface area (Å²) in [5.74, 6) is 0.102. The van der Waals surface area contributed by atoms with Gasteiger partial charge in [-0.1, -0.05) is 30.3 Å². The number of hydrogen-bond donors (Lipinski definition) is 1. The molecule has 2 aromatic heterocycles. The van der Waals surface area contributed by atoms with Gasteiger partial charge in [-0.25, -0.2) is 4.98 Å². The summed E-state index contributed by atoms with van der Waals surface area (Å²) in [6, 6.07) is 12.3.